The van der Waals surface area contributed by atoms with Crippen LogP contribution in [-0.4, -0.2) is 16.0 Å². The third-order valence-electron chi connectivity index (χ3n) is 5.22. The average molecular weight is 575 g/mol. The van der Waals surface area contributed by atoms with Gasteiger partial charge in [0.2, 0.25) is 5.89 Å². The molecular formula is C27H18IN3O2S. The quantitative estimate of drug-likeness (QED) is 0.181. The van der Waals surface area contributed by atoms with Gasteiger partial charge in [0, 0.05) is 20.4 Å². The summed E-state index contributed by atoms with van der Waals surface area (Å²) in [6.45, 7) is 0. The van der Waals surface area contributed by atoms with Gasteiger partial charge in [-0.25, -0.2) is 4.98 Å². The van der Waals surface area contributed by atoms with Gasteiger partial charge in [-0.3, -0.25) is 10.1 Å². The third kappa shape index (κ3) is 5.00. The van der Waals surface area contributed by atoms with Crippen molar-refractivity contribution in [1.82, 2.24) is 10.3 Å². The summed E-state index contributed by atoms with van der Waals surface area (Å²) in [4.78, 5) is 17.0. The van der Waals surface area contributed by atoms with Gasteiger partial charge in [-0.05, 0) is 101 Å². The van der Waals surface area contributed by atoms with Crippen LogP contribution in [-0.2, 0) is 0 Å². The van der Waals surface area contributed by atoms with Crippen LogP contribution in [0.2, 0.25) is 0 Å². The summed E-state index contributed by atoms with van der Waals surface area (Å²) < 4.78 is 7.01. The first kappa shape index (κ1) is 22.2. The summed E-state index contributed by atoms with van der Waals surface area (Å²) in [6, 6.07) is 31.1. The summed E-state index contributed by atoms with van der Waals surface area (Å²) in [7, 11) is 0. The Labute approximate surface area is 215 Å². The number of fused-ring (bicyclic) bond motifs is 1. The second-order valence-corrected chi connectivity index (χ2v) is 9.21. The molecule has 2 N–H and O–H groups in total. The minimum Gasteiger partial charge on any atom is -0.436 e. The zero-order valence-electron chi connectivity index (χ0n) is 17.8. The molecule has 166 valence electrons. The molecule has 5 nitrogen and oxygen atoms in total. The lowest BCUT2D eigenvalue weighted by atomic mass is 10.0. The lowest BCUT2D eigenvalue weighted by Gasteiger charge is -2.09. The molecule has 0 fully saturated rings. The van der Waals surface area contributed by atoms with E-state index in [2.05, 4.69) is 62.5 Å². The number of carbonyl (C=O) groups is 1. The van der Waals surface area contributed by atoms with Gasteiger partial charge in [0.05, 0.1) is 0 Å². The van der Waals surface area contributed by atoms with Gasteiger partial charge in [-0.1, -0.05) is 42.5 Å². The zero-order valence-corrected chi connectivity index (χ0v) is 20.8. The van der Waals surface area contributed by atoms with Crippen LogP contribution in [0.25, 0.3) is 33.7 Å². The summed E-state index contributed by atoms with van der Waals surface area (Å²) in [6.07, 6.45) is 0. The maximum Gasteiger partial charge on any atom is 0.257 e. The molecule has 0 saturated heterocycles. The normalized spacial score (nSPS) is 10.7. The van der Waals surface area contributed by atoms with Crippen molar-refractivity contribution in [2.45, 2.75) is 0 Å². The Morgan fingerprint density at radius 3 is 2.24 bits per heavy atom. The molecule has 0 radical (unpaired) electrons. The molecule has 0 unspecified atom stereocenters. The molecule has 5 aromatic rings. The van der Waals surface area contributed by atoms with Crippen molar-refractivity contribution in [3.63, 3.8) is 0 Å². The van der Waals surface area contributed by atoms with Gasteiger partial charge in [0.15, 0.2) is 10.7 Å². The number of nitrogens with zero attached hydrogens (tertiary/aromatic N) is 1. The van der Waals surface area contributed by atoms with Crippen molar-refractivity contribution in [2.75, 3.05) is 5.32 Å². The highest BCUT2D eigenvalue weighted by Gasteiger charge is 2.11. The van der Waals surface area contributed by atoms with E-state index in [0.29, 0.717) is 28.2 Å². The molecule has 0 spiro atoms. The van der Waals surface area contributed by atoms with Crippen molar-refractivity contribution in [2.24, 2.45) is 0 Å². The van der Waals surface area contributed by atoms with Gasteiger partial charge in [0.25, 0.3) is 5.91 Å². The molecule has 7 heteroatoms. The van der Waals surface area contributed by atoms with E-state index >= 15 is 0 Å². The first-order valence-electron chi connectivity index (χ1n) is 10.5. The Morgan fingerprint density at radius 1 is 0.824 bits per heavy atom. The number of carbonyl (C=O) groups excluding carboxylic acids is 1. The predicted octanol–water partition coefficient (Wildman–Crippen LogP) is 6.89. The van der Waals surface area contributed by atoms with E-state index < -0.39 is 0 Å². The molecule has 5 rings (SSSR count). The molecule has 1 aromatic heterocycles. The van der Waals surface area contributed by atoms with Crippen LogP contribution in [0.5, 0.6) is 0 Å². The monoisotopic (exact) mass is 575 g/mol. The number of oxazole rings is 1. The van der Waals surface area contributed by atoms with E-state index in [-0.39, 0.29) is 11.0 Å². The second kappa shape index (κ2) is 9.74. The Morgan fingerprint density at radius 2 is 1.50 bits per heavy atom. The van der Waals surface area contributed by atoms with Crippen molar-refractivity contribution in [3.8, 4) is 22.6 Å². The second-order valence-electron chi connectivity index (χ2n) is 7.56. The Balaban J connectivity index is 1.29. The van der Waals surface area contributed by atoms with Gasteiger partial charge in [0.1, 0.15) is 5.52 Å². The molecule has 4 aromatic carbocycles. The molecule has 1 amide bonds. The highest BCUT2D eigenvalue weighted by Crippen LogP contribution is 2.28. The average Bonchev–Trinajstić information content (AvgIpc) is 3.28. The first-order valence-corrected chi connectivity index (χ1v) is 12.0. The number of hydrogen-bond acceptors (Lipinski definition) is 4. The number of hydrogen-bond donors (Lipinski definition) is 2. The number of amides is 1. The number of thiocarbonyl (C=S) groups is 1. The number of halogens is 1. The van der Waals surface area contributed by atoms with E-state index in [1.807, 2.05) is 60.7 Å². The molecule has 0 atom stereocenters. The Bertz CT molecular complexity index is 1480. The van der Waals surface area contributed by atoms with Gasteiger partial charge < -0.3 is 9.73 Å². The zero-order chi connectivity index (χ0) is 23.5. The van der Waals surface area contributed by atoms with Crippen LogP contribution in [0.1, 0.15) is 10.4 Å². The van der Waals surface area contributed by atoms with Crippen LogP contribution >= 0.6 is 34.8 Å². The molecule has 1 heterocycles. The number of aromatic nitrogens is 1. The fourth-order valence-corrected chi connectivity index (χ4v) is 4.07. The summed E-state index contributed by atoms with van der Waals surface area (Å²) in [5.41, 5.74) is 5.80. The van der Waals surface area contributed by atoms with Gasteiger partial charge in [-0.15, -0.1) is 0 Å². The Kier molecular flexibility index (Phi) is 6.37. The van der Waals surface area contributed by atoms with Crippen LogP contribution in [0, 0.1) is 3.57 Å². The summed E-state index contributed by atoms with van der Waals surface area (Å²) >= 11 is 7.50. The smallest absolute Gasteiger partial charge is 0.257 e. The van der Waals surface area contributed by atoms with Crippen molar-refractivity contribution in [1.29, 1.82) is 0 Å². The summed E-state index contributed by atoms with van der Waals surface area (Å²) in [5.74, 6) is 0.277. The van der Waals surface area contributed by atoms with Crippen molar-refractivity contribution in [3.05, 3.63) is 106 Å². The van der Waals surface area contributed by atoms with E-state index in [9.17, 15) is 4.79 Å². The first-order chi connectivity index (χ1) is 16.5. The van der Waals surface area contributed by atoms with Gasteiger partial charge >= 0.3 is 0 Å². The number of rotatable bonds is 4. The van der Waals surface area contributed by atoms with Crippen LogP contribution in [0.3, 0.4) is 0 Å². The molecular weight excluding hydrogens is 557 g/mol. The molecule has 0 aliphatic rings. The number of benzene rings is 4. The minimum absolute atomic E-state index is 0.211. The maximum atomic E-state index is 12.4. The van der Waals surface area contributed by atoms with Gasteiger partial charge in [-0.2, -0.15) is 0 Å². The molecule has 0 aliphatic carbocycles. The Hall–Kier alpha value is -3.56. The number of anilines is 1. The number of nitrogens with one attached hydrogen (secondary N) is 2. The fraction of sp³-hybridized carbons (Fsp3) is 0. The van der Waals surface area contributed by atoms with Crippen LogP contribution in [0.4, 0.5) is 5.69 Å². The fourth-order valence-electron chi connectivity index (χ4n) is 3.50. The predicted molar refractivity (Wildman–Crippen MR) is 148 cm³/mol. The topological polar surface area (TPSA) is 67.2 Å². The molecule has 0 saturated carbocycles. The van der Waals surface area contributed by atoms with E-state index in [1.165, 1.54) is 0 Å². The lowest BCUT2D eigenvalue weighted by Crippen LogP contribution is -2.34. The van der Waals surface area contributed by atoms with E-state index in [1.54, 1.807) is 12.1 Å². The molecule has 0 bridgehead atoms. The highest BCUT2D eigenvalue weighted by molar-refractivity contribution is 14.1. The van der Waals surface area contributed by atoms with Crippen molar-refractivity contribution < 1.29 is 9.21 Å². The lowest BCUT2D eigenvalue weighted by molar-refractivity contribution is 0.0977. The standard InChI is InChI=1S/C27H18IN3O2S/c28-21-12-10-19(11-13-21)25(32)31-27(34)29-22-14-15-24-23(16-22)30-26(33-24)20-8-6-18(7-9-20)17-4-2-1-3-5-17/h1-16H,(H2,29,31,32,34). The molecule has 34 heavy (non-hydrogen) atoms. The highest BCUT2D eigenvalue weighted by atomic mass is 127. The maximum absolute atomic E-state index is 12.4. The van der Waals surface area contributed by atoms with Crippen LogP contribution < -0.4 is 10.6 Å². The van der Waals surface area contributed by atoms with E-state index in [4.69, 9.17) is 16.6 Å². The van der Waals surface area contributed by atoms with Crippen molar-refractivity contribution >= 4 is 62.6 Å². The van der Waals surface area contributed by atoms with E-state index in [0.717, 1.165) is 20.3 Å². The summed E-state index contributed by atoms with van der Waals surface area (Å²) in [5, 5.41) is 5.95. The van der Waals surface area contributed by atoms with Crippen LogP contribution in [0.15, 0.2) is 101 Å². The largest absolute Gasteiger partial charge is 0.436 e. The minimum atomic E-state index is -0.266. The SMILES string of the molecule is O=C(NC(=S)Nc1ccc2oc(-c3ccc(-c4ccccc4)cc3)nc2c1)c1ccc(I)cc1. The third-order valence-corrected chi connectivity index (χ3v) is 6.14. The molecule has 0 aliphatic heterocycles.